The van der Waals surface area contributed by atoms with Crippen LogP contribution in [-0.4, -0.2) is 6.61 Å². The van der Waals surface area contributed by atoms with Crippen molar-refractivity contribution >= 4 is 0 Å². The average Bonchev–Trinajstić information content (AvgIpc) is 2.07. The Morgan fingerprint density at radius 1 is 1.46 bits per heavy atom. The van der Waals surface area contributed by atoms with Crippen molar-refractivity contribution in [2.45, 2.75) is 33.6 Å². The predicted molar refractivity (Wildman–Crippen MR) is 51.9 cm³/mol. The van der Waals surface area contributed by atoms with E-state index < -0.39 is 0 Å². The van der Waals surface area contributed by atoms with Gasteiger partial charge in [0, 0.05) is 12.8 Å². The smallest absolute Gasteiger partial charge is 0.103 e. The second-order valence-electron chi connectivity index (χ2n) is 3.90. The van der Waals surface area contributed by atoms with E-state index in [4.69, 9.17) is 4.74 Å². The van der Waals surface area contributed by atoms with E-state index in [2.05, 4.69) is 13.8 Å². The van der Waals surface area contributed by atoms with Crippen molar-refractivity contribution in [1.29, 1.82) is 0 Å². The van der Waals surface area contributed by atoms with Gasteiger partial charge in [0.25, 0.3) is 0 Å². The van der Waals surface area contributed by atoms with E-state index in [1.165, 1.54) is 0 Å². The van der Waals surface area contributed by atoms with Crippen LogP contribution in [-0.2, 0) is 4.74 Å². The Kier molecular flexibility index (Phi) is 3.52. The number of hydrogen-bond acceptors (Lipinski definition) is 1. The topological polar surface area (TPSA) is 9.23 Å². The van der Waals surface area contributed by atoms with Gasteiger partial charge in [0.1, 0.15) is 5.83 Å². The molecule has 1 aliphatic carbocycles. The van der Waals surface area contributed by atoms with Crippen LogP contribution in [0.3, 0.4) is 0 Å². The first-order valence-electron chi connectivity index (χ1n) is 4.78. The molecular formula is C11H17FO. The van der Waals surface area contributed by atoms with E-state index in [1.54, 1.807) is 13.0 Å². The van der Waals surface area contributed by atoms with Crippen molar-refractivity contribution in [3.8, 4) is 0 Å². The zero-order valence-electron chi connectivity index (χ0n) is 8.56. The molecule has 1 nitrogen and oxygen atoms in total. The molecule has 0 aliphatic heterocycles. The van der Waals surface area contributed by atoms with Crippen molar-refractivity contribution in [3.63, 3.8) is 0 Å². The first-order valence-corrected chi connectivity index (χ1v) is 4.78. The van der Waals surface area contributed by atoms with Gasteiger partial charge >= 0.3 is 0 Å². The number of allylic oxidation sites excluding steroid dienone is 4. The highest BCUT2D eigenvalue weighted by molar-refractivity contribution is 5.26. The van der Waals surface area contributed by atoms with Gasteiger partial charge in [0.2, 0.25) is 0 Å². The van der Waals surface area contributed by atoms with E-state index in [0.717, 1.165) is 12.4 Å². The fourth-order valence-corrected chi connectivity index (χ4v) is 1.21. The third-order valence-electron chi connectivity index (χ3n) is 2.00. The Bertz CT molecular complexity index is 238. The highest BCUT2D eigenvalue weighted by atomic mass is 19.1. The lowest BCUT2D eigenvalue weighted by Crippen LogP contribution is -2.04. The van der Waals surface area contributed by atoms with E-state index in [9.17, 15) is 4.39 Å². The molecule has 0 amide bonds. The van der Waals surface area contributed by atoms with Crippen LogP contribution >= 0.6 is 0 Å². The summed E-state index contributed by atoms with van der Waals surface area (Å²) in [7, 11) is 0. The number of ether oxygens (including phenoxy) is 1. The summed E-state index contributed by atoms with van der Waals surface area (Å²) in [5.41, 5.74) is 0.713. The summed E-state index contributed by atoms with van der Waals surface area (Å²) in [5, 5.41) is 0. The quantitative estimate of drug-likeness (QED) is 0.651. The third-order valence-corrected chi connectivity index (χ3v) is 2.00. The largest absolute Gasteiger partial charge is 0.498 e. The first-order chi connectivity index (χ1) is 6.09. The molecule has 74 valence electrons. The molecule has 0 heterocycles. The molecule has 0 atom stereocenters. The van der Waals surface area contributed by atoms with Crippen molar-refractivity contribution in [2.75, 3.05) is 6.61 Å². The Balaban J connectivity index is 2.49. The number of halogens is 1. The maximum Gasteiger partial charge on any atom is 0.103 e. The molecule has 1 aliphatic rings. The van der Waals surface area contributed by atoms with Crippen LogP contribution in [0.1, 0.15) is 33.6 Å². The van der Waals surface area contributed by atoms with Crippen LogP contribution in [0, 0.1) is 5.92 Å². The molecule has 0 aromatic heterocycles. The summed E-state index contributed by atoms with van der Waals surface area (Å²) in [4.78, 5) is 0. The SMILES string of the molecule is CC1=C(F)CCC(OCC(C)C)=C1. The summed E-state index contributed by atoms with van der Waals surface area (Å²) in [5.74, 6) is 1.45. The molecular weight excluding hydrogens is 167 g/mol. The Morgan fingerprint density at radius 2 is 2.15 bits per heavy atom. The lowest BCUT2D eigenvalue weighted by Gasteiger charge is -2.16. The van der Waals surface area contributed by atoms with E-state index in [-0.39, 0.29) is 5.83 Å². The lowest BCUT2D eigenvalue weighted by atomic mass is 10.1. The predicted octanol–water partition coefficient (Wildman–Crippen LogP) is 3.58. The highest BCUT2D eigenvalue weighted by Crippen LogP contribution is 2.25. The minimum absolute atomic E-state index is 0.00287. The average molecular weight is 184 g/mol. The molecule has 0 radical (unpaired) electrons. The van der Waals surface area contributed by atoms with Gasteiger partial charge in [-0.2, -0.15) is 0 Å². The van der Waals surface area contributed by atoms with E-state index >= 15 is 0 Å². The Hall–Kier alpha value is -0.790. The monoisotopic (exact) mass is 184 g/mol. The summed E-state index contributed by atoms with van der Waals surface area (Å²) >= 11 is 0. The highest BCUT2D eigenvalue weighted by Gasteiger charge is 2.11. The van der Waals surface area contributed by atoms with Gasteiger partial charge < -0.3 is 4.74 Å². The number of rotatable bonds is 3. The van der Waals surface area contributed by atoms with Gasteiger partial charge in [0.15, 0.2) is 0 Å². The Morgan fingerprint density at radius 3 is 2.69 bits per heavy atom. The van der Waals surface area contributed by atoms with Crippen molar-refractivity contribution in [3.05, 3.63) is 23.2 Å². The van der Waals surface area contributed by atoms with Gasteiger partial charge in [-0.15, -0.1) is 0 Å². The van der Waals surface area contributed by atoms with E-state index in [0.29, 0.717) is 24.3 Å². The fraction of sp³-hybridized carbons (Fsp3) is 0.636. The standard InChI is InChI=1S/C11H17FO/c1-8(2)7-13-10-4-5-11(12)9(3)6-10/h6,8H,4-5,7H2,1-3H3. The van der Waals surface area contributed by atoms with Gasteiger partial charge in [-0.25, -0.2) is 4.39 Å². The molecule has 0 fully saturated rings. The zero-order valence-corrected chi connectivity index (χ0v) is 8.56. The van der Waals surface area contributed by atoms with Crippen LogP contribution < -0.4 is 0 Å². The van der Waals surface area contributed by atoms with Crippen LogP contribution in [0.2, 0.25) is 0 Å². The minimum Gasteiger partial charge on any atom is -0.498 e. The molecule has 0 saturated heterocycles. The summed E-state index contributed by atoms with van der Waals surface area (Å²) < 4.78 is 18.5. The second-order valence-corrected chi connectivity index (χ2v) is 3.90. The molecule has 0 unspecified atom stereocenters. The Labute approximate surface area is 79.3 Å². The summed E-state index contributed by atoms with van der Waals surface area (Å²) in [6.45, 7) is 6.72. The summed E-state index contributed by atoms with van der Waals surface area (Å²) in [6.07, 6.45) is 3.01. The van der Waals surface area contributed by atoms with Crippen molar-refractivity contribution in [1.82, 2.24) is 0 Å². The maximum absolute atomic E-state index is 12.9. The molecule has 1 rings (SSSR count). The zero-order chi connectivity index (χ0) is 9.84. The molecule has 0 bridgehead atoms. The lowest BCUT2D eigenvalue weighted by molar-refractivity contribution is 0.168. The van der Waals surface area contributed by atoms with Crippen LogP contribution in [0.4, 0.5) is 4.39 Å². The van der Waals surface area contributed by atoms with Crippen LogP contribution in [0.25, 0.3) is 0 Å². The van der Waals surface area contributed by atoms with Crippen LogP contribution in [0.15, 0.2) is 23.2 Å². The molecule has 0 N–H and O–H groups in total. The maximum atomic E-state index is 12.9. The second kappa shape index (κ2) is 4.45. The number of hydrogen-bond donors (Lipinski definition) is 0. The van der Waals surface area contributed by atoms with Gasteiger partial charge in [-0.1, -0.05) is 13.8 Å². The normalized spacial score (nSPS) is 17.8. The van der Waals surface area contributed by atoms with Crippen LogP contribution in [0.5, 0.6) is 0 Å². The van der Waals surface area contributed by atoms with Gasteiger partial charge in [0.05, 0.1) is 12.4 Å². The van der Waals surface area contributed by atoms with E-state index in [1.807, 2.05) is 0 Å². The van der Waals surface area contributed by atoms with Gasteiger partial charge in [-0.3, -0.25) is 0 Å². The molecule has 13 heavy (non-hydrogen) atoms. The van der Waals surface area contributed by atoms with Crippen molar-refractivity contribution < 1.29 is 9.13 Å². The molecule has 0 aromatic rings. The molecule has 0 spiro atoms. The third kappa shape index (κ3) is 3.21. The molecule has 0 aromatic carbocycles. The van der Waals surface area contributed by atoms with Crippen molar-refractivity contribution in [2.24, 2.45) is 5.92 Å². The molecule has 2 heteroatoms. The minimum atomic E-state index is -0.00287. The fourth-order valence-electron chi connectivity index (χ4n) is 1.21. The van der Waals surface area contributed by atoms with Gasteiger partial charge in [-0.05, 0) is 24.5 Å². The summed E-state index contributed by atoms with van der Waals surface area (Å²) in [6, 6.07) is 0. The molecule has 0 saturated carbocycles. The first kappa shape index (κ1) is 10.3.